The number of aryl methyl sites for hydroxylation is 2. The molecule has 0 radical (unpaired) electrons. The van der Waals surface area contributed by atoms with E-state index in [2.05, 4.69) is 15.2 Å². The fraction of sp³-hybridized carbons (Fsp3) is 0.421. The van der Waals surface area contributed by atoms with Gasteiger partial charge in [0.25, 0.3) is 11.5 Å². The maximum absolute atomic E-state index is 12.7. The molecule has 1 saturated heterocycles. The molecule has 0 spiro atoms. The average molecular weight is 369 g/mol. The molecule has 0 bridgehead atoms. The number of carbonyl (C=O) groups excluding carboxylic acids is 2. The second-order valence-corrected chi connectivity index (χ2v) is 6.63. The highest BCUT2D eigenvalue weighted by Crippen LogP contribution is 2.13. The van der Waals surface area contributed by atoms with Crippen molar-refractivity contribution in [3.8, 4) is 0 Å². The number of pyridine rings is 1. The van der Waals surface area contributed by atoms with Crippen LogP contribution >= 0.6 is 0 Å². The van der Waals surface area contributed by atoms with Crippen molar-refractivity contribution in [3.63, 3.8) is 0 Å². The van der Waals surface area contributed by atoms with E-state index in [1.165, 1.54) is 6.07 Å². The van der Waals surface area contributed by atoms with Gasteiger partial charge in [-0.1, -0.05) is 0 Å². The summed E-state index contributed by atoms with van der Waals surface area (Å²) in [6.07, 6.45) is 4.82. The number of carbonyl (C=O) groups is 2. The summed E-state index contributed by atoms with van der Waals surface area (Å²) in [5, 5.41) is 6.30. The van der Waals surface area contributed by atoms with E-state index in [9.17, 15) is 14.4 Å². The van der Waals surface area contributed by atoms with Gasteiger partial charge >= 0.3 is 0 Å². The van der Waals surface area contributed by atoms with Crippen molar-refractivity contribution in [3.05, 3.63) is 57.8 Å². The fourth-order valence-electron chi connectivity index (χ4n) is 3.13. The summed E-state index contributed by atoms with van der Waals surface area (Å²) in [6, 6.07) is 4.86. The largest absolute Gasteiger partial charge is 0.341 e. The van der Waals surface area contributed by atoms with Gasteiger partial charge in [-0.15, -0.1) is 0 Å². The predicted octanol–water partition coefficient (Wildman–Crippen LogP) is 0.781. The molecule has 1 N–H and O–H groups in total. The third-order valence-corrected chi connectivity index (χ3v) is 4.74. The molecule has 8 heteroatoms. The van der Waals surface area contributed by atoms with Crippen molar-refractivity contribution in [2.45, 2.75) is 26.2 Å². The van der Waals surface area contributed by atoms with E-state index in [0.717, 1.165) is 12.0 Å². The lowest BCUT2D eigenvalue weighted by molar-refractivity contribution is -0.131. The summed E-state index contributed by atoms with van der Waals surface area (Å²) in [5.74, 6) is 0.00203. The van der Waals surface area contributed by atoms with E-state index in [-0.39, 0.29) is 17.4 Å². The molecule has 0 aromatic carbocycles. The minimum absolute atomic E-state index is 0.0349. The maximum Gasteiger partial charge on any atom is 0.264 e. The number of hydrogen-bond acceptors (Lipinski definition) is 5. The van der Waals surface area contributed by atoms with E-state index in [1.807, 2.05) is 13.0 Å². The predicted molar refractivity (Wildman–Crippen MR) is 99.3 cm³/mol. The molecule has 3 rings (SSSR count). The standard InChI is InChI=1S/C19H23N5O3/c1-14-7-8-20-13-16(14)19(27)24-10-2-9-23(11-12-24)18(26)6-4-15-3-5-17(25)22-21-15/h3,5,7-8,13H,2,4,6,9-12H2,1H3,(H,22,25). The second kappa shape index (κ2) is 8.57. The summed E-state index contributed by atoms with van der Waals surface area (Å²) >= 11 is 0. The molecule has 2 aromatic rings. The molecule has 1 fully saturated rings. The molecule has 2 aromatic heterocycles. The highest BCUT2D eigenvalue weighted by Gasteiger charge is 2.23. The lowest BCUT2D eigenvalue weighted by Crippen LogP contribution is -2.37. The van der Waals surface area contributed by atoms with Crippen molar-refractivity contribution in [2.75, 3.05) is 26.2 Å². The molecule has 27 heavy (non-hydrogen) atoms. The number of rotatable bonds is 4. The molecule has 0 atom stereocenters. The summed E-state index contributed by atoms with van der Waals surface area (Å²) < 4.78 is 0. The minimum Gasteiger partial charge on any atom is -0.341 e. The van der Waals surface area contributed by atoms with Gasteiger partial charge in [0.15, 0.2) is 0 Å². The first-order valence-electron chi connectivity index (χ1n) is 9.07. The molecule has 0 aliphatic carbocycles. The van der Waals surface area contributed by atoms with Crippen LogP contribution in [0.4, 0.5) is 0 Å². The molecule has 1 aliphatic heterocycles. The fourth-order valence-corrected chi connectivity index (χ4v) is 3.13. The van der Waals surface area contributed by atoms with Crippen LogP contribution in [-0.4, -0.2) is 63.0 Å². The van der Waals surface area contributed by atoms with Crippen LogP contribution in [0.25, 0.3) is 0 Å². The molecule has 8 nitrogen and oxygen atoms in total. The Balaban J connectivity index is 1.55. The first-order valence-corrected chi connectivity index (χ1v) is 9.07. The normalized spacial score (nSPS) is 14.7. The van der Waals surface area contributed by atoms with Gasteiger partial charge in [0.2, 0.25) is 5.91 Å². The van der Waals surface area contributed by atoms with Gasteiger partial charge in [0.05, 0.1) is 11.3 Å². The van der Waals surface area contributed by atoms with E-state index >= 15 is 0 Å². The van der Waals surface area contributed by atoms with Crippen LogP contribution in [0, 0.1) is 6.92 Å². The van der Waals surface area contributed by atoms with E-state index in [0.29, 0.717) is 50.3 Å². The summed E-state index contributed by atoms with van der Waals surface area (Å²) in [7, 11) is 0. The second-order valence-electron chi connectivity index (χ2n) is 6.63. The van der Waals surface area contributed by atoms with Crippen LogP contribution in [-0.2, 0) is 11.2 Å². The van der Waals surface area contributed by atoms with Crippen molar-refractivity contribution in [1.82, 2.24) is 25.0 Å². The van der Waals surface area contributed by atoms with Crippen LogP contribution in [0.5, 0.6) is 0 Å². The van der Waals surface area contributed by atoms with Gasteiger partial charge in [-0.2, -0.15) is 5.10 Å². The zero-order chi connectivity index (χ0) is 19.2. The van der Waals surface area contributed by atoms with Crippen molar-refractivity contribution >= 4 is 11.8 Å². The van der Waals surface area contributed by atoms with Gasteiger partial charge in [-0.3, -0.25) is 19.4 Å². The van der Waals surface area contributed by atoms with Crippen LogP contribution in [0.2, 0.25) is 0 Å². The number of nitrogens with one attached hydrogen (secondary N) is 1. The molecule has 0 saturated carbocycles. The first-order chi connectivity index (χ1) is 13.0. The molecule has 2 amide bonds. The number of amides is 2. The first kappa shape index (κ1) is 18.8. The molecule has 142 valence electrons. The van der Waals surface area contributed by atoms with E-state index in [4.69, 9.17) is 0 Å². The molecule has 3 heterocycles. The smallest absolute Gasteiger partial charge is 0.264 e. The van der Waals surface area contributed by atoms with E-state index < -0.39 is 0 Å². The molecule has 0 unspecified atom stereocenters. The van der Waals surface area contributed by atoms with E-state index in [1.54, 1.807) is 28.3 Å². The highest BCUT2D eigenvalue weighted by atomic mass is 16.2. The third kappa shape index (κ3) is 4.78. The number of H-pyrrole nitrogens is 1. The third-order valence-electron chi connectivity index (χ3n) is 4.74. The Kier molecular flexibility index (Phi) is 5.95. The Hall–Kier alpha value is -3.03. The maximum atomic E-state index is 12.7. The molecule has 1 aliphatic rings. The summed E-state index contributed by atoms with van der Waals surface area (Å²) in [5.41, 5.74) is 1.94. The zero-order valence-electron chi connectivity index (χ0n) is 15.4. The Morgan fingerprint density at radius 2 is 1.89 bits per heavy atom. The lowest BCUT2D eigenvalue weighted by atomic mass is 10.1. The summed E-state index contributed by atoms with van der Waals surface area (Å²) in [6.45, 7) is 4.18. The van der Waals surface area contributed by atoms with Crippen molar-refractivity contribution in [2.24, 2.45) is 0 Å². The Bertz CT molecular complexity index is 859. The van der Waals surface area contributed by atoms with Crippen LogP contribution in [0.1, 0.15) is 34.5 Å². The Morgan fingerprint density at radius 3 is 2.63 bits per heavy atom. The zero-order valence-corrected chi connectivity index (χ0v) is 15.4. The SMILES string of the molecule is Cc1ccncc1C(=O)N1CCCN(C(=O)CCc2ccc(=O)[nH]n2)CC1. The van der Waals surface area contributed by atoms with Crippen LogP contribution < -0.4 is 5.56 Å². The lowest BCUT2D eigenvalue weighted by Gasteiger charge is -2.22. The van der Waals surface area contributed by atoms with Gasteiger partial charge in [-0.25, -0.2) is 5.10 Å². The number of hydrogen-bond donors (Lipinski definition) is 1. The summed E-state index contributed by atoms with van der Waals surface area (Å²) in [4.78, 5) is 43.9. The van der Waals surface area contributed by atoms with Gasteiger partial charge in [0, 0.05) is 57.5 Å². The Labute approximate surface area is 157 Å². The van der Waals surface area contributed by atoms with Gasteiger partial charge in [-0.05, 0) is 31.0 Å². The Morgan fingerprint density at radius 1 is 1.11 bits per heavy atom. The van der Waals surface area contributed by atoms with Gasteiger partial charge in [0.1, 0.15) is 0 Å². The molecular formula is C19H23N5O3. The molecular weight excluding hydrogens is 346 g/mol. The van der Waals surface area contributed by atoms with Gasteiger partial charge < -0.3 is 9.80 Å². The number of aromatic amines is 1. The monoisotopic (exact) mass is 369 g/mol. The van der Waals surface area contributed by atoms with Crippen LogP contribution in [0.3, 0.4) is 0 Å². The minimum atomic E-state index is -0.258. The number of nitrogens with zero attached hydrogens (tertiary/aromatic N) is 4. The van der Waals surface area contributed by atoms with Crippen LogP contribution in [0.15, 0.2) is 35.4 Å². The average Bonchev–Trinajstić information content (AvgIpc) is 2.93. The topological polar surface area (TPSA) is 99.3 Å². The van der Waals surface area contributed by atoms with Crippen molar-refractivity contribution < 1.29 is 9.59 Å². The number of aromatic nitrogens is 3. The quantitative estimate of drug-likeness (QED) is 0.859. The van der Waals surface area contributed by atoms with Crippen molar-refractivity contribution in [1.29, 1.82) is 0 Å². The highest BCUT2D eigenvalue weighted by molar-refractivity contribution is 5.95.